The van der Waals surface area contributed by atoms with Gasteiger partial charge in [-0.2, -0.15) is 0 Å². The summed E-state index contributed by atoms with van der Waals surface area (Å²) >= 11 is 0. The summed E-state index contributed by atoms with van der Waals surface area (Å²) in [5, 5.41) is 5.69. The van der Waals surface area contributed by atoms with Gasteiger partial charge in [0.05, 0.1) is 0 Å². The van der Waals surface area contributed by atoms with Gasteiger partial charge in [0.1, 0.15) is 12.1 Å². The summed E-state index contributed by atoms with van der Waals surface area (Å²) in [5.74, 6) is -0.305. The molecule has 27 heavy (non-hydrogen) atoms. The Kier molecular flexibility index (Phi) is 5.02. The molecule has 146 valence electrons. The maximum atomic E-state index is 13.1. The van der Waals surface area contributed by atoms with E-state index < -0.39 is 11.6 Å². The third-order valence-corrected chi connectivity index (χ3v) is 5.54. The zero-order chi connectivity index (χ0) is 19.8. The second-order valence-electron chi connectivity index (χ2n) is 8.86. The Bertz CT molecular complexity index is 774. The quantitative estimate of drug-likeness (QED) is 0.797. The number of amides is 4. The molecule has 6 nitrogen and oxygen atoms in total. The van der Waals surface area contributed by atoms with Crippen molar-refractivity contribution < 1.29 is 14.4 Å². The van der Waals surface area contributed by atoms with Crippen molar-refractivity contribution in [3.63, 3.8) is 0 Å². The van der Waals surface area contributed by atoms with Gasteiger partial charge >= 0.3 is 6.03 Å². The summed E-state index contributed by atoms with van der Waals surface area (Å²) in [7, 11) is 0. The molecule has 0 unspecified atom stereocenters. The van der Waals surface area contributed by atoms with Crippen molar-refractivity contribution in [3.8, 4) is 0 Å². The summed E-state index contributed by atoms with van der Waals surface area (Å²) in [4.78, 5) is 39.1. The second kappa shape index (κ2) is 6.98. The Morgan fingerprint density at radius 2 is 2.04 bits per heavy atom. The van der Waals surface area contributed by atoms with Crippen molar-refractivity contribution in [1.29, 1.82) is 0 Å². The highest BCUT2D eigenvalue weighted by molar-refractivity contribution is 6.10. The van der Waals surface area contributed by atoms with Gasteiger partial charge in [-0.3, -0.25) is 14.5 Å². The van der Waals surface area contributed by atoms with Crippen molar-refractivity contribution in [3.05, 3.63) is 29.8 Å². The average Bonchev–Trinajstić information content (AvgIpc) is 2.76. The maximum Gasteiger partial charge on any atom is 0.325 e. The molecule has 1 aromatic rings. The van der Waals surface area contributed by atoms with Crippen molar-refractivity contribution in [1.82, 2.24) is 10.2 Å². The lowest BCUT2D eigenvalue weighted by molar-refractivity contribution is -0.136. The summed E-state index contributed by atoms with van der Waals surface area (Å²) in [6, 6.07) is 7.10. The minimum Gasteiger partial charge on any atom is -0.325 e. The van der Waals surface area contributed by atoms with E-state index in [4.69, 9.17) is 0 Å². The first-order valence-corrected chi connectivity index (χ1v) is 9.67. The first-order chi connectivity index (χ1) is 12.6. The molecule has 1 aliphatic heterocycles. The molecular formula is C21H29N3O3. The van der Waals surface area contributed by atoms with Crippen LogP contribution in [0.1, 0.15) is 52.5 Å². The lowest BCUT2D eigenvalue weighted by atomic mass is 9.64. The number of carbonyl (C=O) groups excluding carboxylic acids is 3. The summed E-state index contributed by atoms with van der Waals surface area (Å²) in [6.07, 6.45) is 3.11. The lowest BCUT2D eigenvalue weighted by Gasteiger charge is -2.43. The second-order valence-corrected chi connectivity index (χ2v) is 8.86. The molecular weight excluding hydrogens is 342 g/mol. The predicted molar refractivity (Wildman–Crippen MR) is 104 cm³/mol. The number of imide groups is 1. The van der Waals surface area contributed by atoms with Crippen LogP contribution in [0.2, 0.25) is 0 Å². The monoisotopic (exact) mass is 371 g/mol. The van der Waals surface area contributed by atoms with E-state index in [0.717, 1.165) is 23.3 Å². The molecule has 1 aromatic carbocycles. The molecule has 1 saturated carbocycles. The van der Waals surface area contributed by atoms with Gasteiger partial charge in [-0.1, -0.05) is 39.8 Å². The van der Waals surface area contributed by atoms with Gasteiger partial charge in [0.15, 0.2) is 0 Å². The number of nitrogens with one attached hydrogen (secondary N) is 2. The fourth-order valence-electron chi connectivity index (χ4n) is 4.86. The van der Waals surface area contributed by atoms with Crippen LogP contribution in [0, 0.1) is 11.3 Å². The average molecular weight is 371 g/mol. The largest absolute Gasteiger partial charge is 0.325 e. The van der Waals surface area contributed by atoms with Crippen LogP contribution in [0.5, 0.6) is 0 Å². The molecule has 6 heteroatoms. The molecule has 2 fully saturated rings. The summed E-state index contributed by atoms with van der Waals surface area (Å²) in [6.45, 7) is 8.13. The van der Waals surface area contributed by atoms with Gasteiger partial charge in [0.2, 0.25) is 5.91 Å². The Labute approximate surface area is 160 Å². The summed E-state index contributed by atoms with van der Waals surface area (Å²) < 4.78 is 0. The number of benzene rings is 1. The topological polar surface area (TPSA) is 78.5 Å². The molecule has 2 atom stereocenters. The molecule has 4 amide bonds. The molecule has 2 aliphatic rings. The molecule has 1 spiro atoms. The zero-order valence-electron chi connectivity index (χ0n) is 16.6. The number of urea groups is 1. The Morgan fingerprint density at radius 1 is 1.30 bits per heavy atom. The van der Waals surface area contributed by atoms with Crippen molar-refractivity contribution in [2.24, 2.45) is 11.3 Å². The van der Waals surface area contributed by atoms with Gasteiger partial charge in [0.25, 0.3) is 5.91 Å². The zero-order valence-corrected chi connectivity index (χ0v) is 16.6. The van der Waals surface area contributed by atoms with Crippen LogP contribution >= 0.6 is 0 Å². The van der Waals surface area contributed by atoms with Gasteiger partial charge in [-0.25, -0.2) is 4.79 Å². The minimum atomic E-state index is -0.874. The number of rotatable bonds is 4. The number of hydrogen-bond acceptors (Lipinski definition) is 3. The molecule has 0 radical (unpaired) electrons. The highest BCUT2D eigenvalue weighted by atomic mass is 16.2. The molecule has 3 rings (SSSR count). The number of aryl methyl sites for hydroxylation is 1. The highest BCUT2D eigenvalue weighted by Crippen LogP contribution is 2.46. The van der Waals surface area contributed by atoms with E-state index in [1.54, 1.807) is 6.07 Å². The van der Waals surface area contributed by atoms with E-state index in [-0.39, 0.29) is 23.8 Å². The van der Waals surface area contributed by atoms with E-state index in [2.05, 4.69) is 31.4 Å². The fraction of sp³-hybridized carbons (Fsp3) is 0.571. The van der Waals surface area contributed by atoms with Gasteiger partial charge in [-0.05, 0) is 54.7 Å². The molecule has 0 aromatic heterocycles. The Morgan fingerprint density at radius 3 is 2.70 bits per heavy atom. The fourth-order valence-corrected chi connectivity index (χ4v) is 4.86. The van der Waals surface area contributed by atoms with Crippen LogP contribution in [0.3, 0.4) is 0 Å². The van der Waals surface area contributed by atoms with Crippen molar-refractivity contribution in [2.45, 2.75) is 58.9 Å². The maximum absolute atomic E-state index is 13.1. The normalized spacial score (nSPS) is 27.0. The Hall–Kier alpha value is -2.37. The number of nitrogens with zero attached hydrogens (tertiary/aromatic N) is 1. The molecule has 1 saturated heterocycles. The third-order valence-electron chi connectivity index (χ3n) is 5.54. The first kappa shape index (κ1) is 19.4. The third kappa shape index (κ3) is 3.99. The lowest BCUT2D eigenvalue weighted by Crippen LogP contribution is -2.54. The van der Waals surface area contributed by atoms with Gasteiger partial charge in [-0.15, -0.1) is 0 Å². The Balaban J connectivity index is 1.71. The van der Waals surface area contributed by atoms with Crippen LogP contribution in [-0.2, 0) is 16.0 Å². The molecule has 1 aliphatic carbocycles. The van der Waals surface area contributed by atoms with E-state index in [9.17, 15) is 14.4 Å². The van der Waals surface area contributed by atoms with Crippen LogP contribution < -0.4 is 10.6 Å². The highest BCUT2D eigenvalue weighted by Gasteiger charge is 2.56. The SMILES string of the molecule is CCc1cccc(NC(=O)CN2C(=O)N[C@@]3(C[C@H](C)CC(C)(C)C3)C2=O)c1. The van der Waals surface area contributed by atoms with E-state index in [1.165, 1.54) is 0 Å². The van der Waals surface area contributed by atoms with Crippen LogP contribution in [-0.4, -0.2) is 34.8 Å². The van der Waals surface area contributed by atoms with E-state index in [0.29, 0.717) is 24.4 Å². The van der Waals surface area contributed by atoms with Crippen LogP contribution in [0.15, 0.2) is 24.3 Å². The smallest absolute Gasteiger partial charge is 0.325 e. The summed E-state index contributed by atoms with van der Waals surface area (Å²) in [5.41, 5.74) is 0.883. The first-order valence-electron chi connectivity index (χ1n) is 9.67. The number of anilines is 1. The van der Waals surface area contributed by atoms with E-state index >= 15 is 0 Å². The molecule has 0 bridgehead atoms. The van der Waals surface area contributed by atoms with Gasteiger partial charge in [0, 0.05) is 5.69 Å². The van der Waals surface area contributed by atoms with Crippen molar-refractivity contribution >= 4 is 23.5 Å². The number of carbonyl (C=O) groups is 3. The molecule has 2 N–H and O–H groups in total. The van der Waals surface area contributed by atoms with Crippen LogP contribution in [0.4, 0.5) is 10.5 Å². The van der Waals surface area contributed by atoms with E-state index in [1.807, 2.05) is 25.1 Å². The molecule has 1 heterocycles. The van der Waals surface area contributed by atoms with Crippen LogP contribution in [0.25, 0.3) is 0 Å². The van der Waals surface area contributed by atoms with Crippen molar-refractivity contribution in [2.75, 3.05) is 11.9 Å². The predicted octanol–water partition coefficient (Wildman–Crippen LogP) is 3.32. The minimum absolute atomic E-state index is 0.0283. The van der Waals surface area contributed by atoms with Gasteiger partial charge < -0.3 is 10.6 Å². The standard InChI is InChI=1S/C21H29N3O3/c1-5-15-7-6-8-16(9-15)22-17(25)12-24-18(26)21(23-19(24)27)11-14(2)10-20(3,4)13-21/h6-9,14H,5,10-13H2,1-4H3,(H,22,25)(H,23,27)/t14-,21-/m1/s1. The number of hydrogen-bond donors (Lipinski definition) is 2.